The quantitative estimate of drug-likeness (QED) is 0.773. The predicted octanol–water partition coefficient (Wildman–Crippen LogP) is 1.25. The van der Waals surface area contributed by atoms with Gasteiger partial charge in [-0.25, -0.2) is 13.1 Å². The maximum absolute atomic E-state index is 12.3. The first-order valence-corrected chi connectivity index (χ1v) is 8.18. The van der Waals surface area contributed by atoms with Gasteiger partial charge in [0.1, 0.15) is 4.90 Å². The second kappa shape index (κ2) is 8.00. The Hall–Kier alpha value is -1.42. The first-order chi connectivity index (χ1) is 9.53. The van der Waals surface area contributed by atoms with E-state index in [4.69, 9.17) is 5.73 Å². The fourth-order valence-corrected chi connectivity index (χ4v) is 3.11. The Kier molecular flexibility index (Phi) is 6.65. The molecule has 0 radical (unpaired) electrons. The largest absolute Gasteiger partial charge is 0.320 e. The Labute approximate surface area is 121 Å². The van der Waals surface area contributed by atoms with Crippen molar-refractivity contribution in [3.05, 3.63) is 24.0 Å². The van der Waals surface area contributed by atoms with Crippen LogP contribution >= 0.6 is 0 Å². The molecule has 20 heavy (non-hydrogen) atoms. The second-order valence-electron chi connectivity index (χ2n) is 4.43. The number of hydrogen-bond donors (Lipinski definition) is 2. The van der Waals surface area contributed by atoms with Crippen LogP contribution in [0.25, 0.3) is 0 Å². The molecule has 0 spiro atoms. The van der Waals surface area contributed by atoms with Crippen LogP contribution in [0.3, 0.4) is 0 Å². The molecule has 6 heteroatoms. The van der Waals surface area contributed by atoms with Gasteiger partial charge in [0.25, 0.3) is 0 Å². The standard InChI is InChI=1S/C14H21N3O2S/c1-3-6-13(4-2)17-20(18,19)14-9-12(7-5-8-15)10-16-11-14/h9-11,13,17H,3-4,6,8,15H2,1-2H3. The van der Waals surface area contributed by atoms with Gasteiger partial charge >= 0.3 is 0 Å². The number of nitrogens with zero attached hydrogens (tertiary/aromatic N) is 1. The van der Waals surface area contributed by atoms with E-state index in [9.17, 15) is 8.42 Å². The third-order valence-electron chi connectivity index (χ3n) is 2.81. The molecule has 0 aliphatic carbocycles. The lowest BCUT2D eigenvalue weighted by atomic mass is 10.1. The van der Waals surface area contributed by atoms with Crippen molar-refractivity contribution in [2.24, 2.45) is 5.73 Å². The van der Waals surface area contributed by atoms with Gasteiger partial charge < -0.3 is 5.73 Å². The molecule has 0 saturated carbocycles. The summed E-state index contributed by atoms with van der Waals surface area (Å²) in [6.45, 7) is 4.22. The average Bonchev–Trinajstić information content (AvgIpc) is 2.44. The van der Waals surface area contributed by atoms with E-state index >= 15 is 0 Å². The van der Waals surface area contributed by atoms with Gasteiger partial charge in [0.15, 0.2) is 0 Å². The fourth-order valence-electron chi connectivity index (χ4n) is 1.77. The van der Waals surface area contributed by atoms with Crippen LogP contribution in [-0.2, 0) is 10.0 Å². The van der Waals surface area contributed by atoms with Crippen molar-refractivity contribution in [3.63, 3.8) is 0 Å². The molecule has 0 aliphatic heterocycles. The van der Waals surface area contributed by atoms with Gasteiger partial charge in [-0.05, 0) is 18.9 Å². The Morgan fingerprint density at radius 1 is 1.40 bits per heavy atom. The van der Waals surface area contributed by atoms with Crippen LogP contribution in [0.5, 0.6) is 0 Å². The van der Waals surface area contributed by atoms with Gasteiger partial charge in [0, 0.05) is 24.0 Å². The highest BCUT2D eigenvalue weighted by Gasteiger charge is 2.19. The zero-order valence-electron chi connectivity index (χ0n) is 11.9. The molecule has 0 saturated heterocycles. The van der Waals surface area contributed by atoms with E-state index in [1.165, 1.54) is 18.5 Å². The molecule has 5 nitrogen and oxygen atoms in total. The molecule has 0 amide bonds. The Bertz CT molecular complexity index is 588. The summed E-state index contributed by atoms with van der Waals surface area (Å²) in [5.41, 5.74) is 5.84. The number of pyridine rings is 1. The van der Waals surface area contributed by atoms with Gasteiger partial charge in [0.2, 0.25) is 10.0 Å². The Balaban J connectivity index is 2.97. The summed E-state index contributed by atoms with van der Waals surface area (Å²) in [4.78, 5) is 4.06. The summed E-state index contributed by atoms with van der Waals surface area (Å²) < 4.78 is 27.3. The van der Waals surface area contributed by atoms with Crippen LogP contribution in [0.15, 0.2) is 23.4 Å². The summed E-state index contributed by atoms with van der Waals surface area (Å²) in [5.74, 6) is 5.46. The third kappa shape index (κ3) is 4.93. The molecule has 110 valence electrons. The van der Waals surface area contributed by atoms with E-state index in [1.54, 1.807) is 0 Å². The van der Waals surface area contributed by atoms with Crippen molar-refractivity contribution in [2.45, 2.75) is 44.0 Å². The Morgan fingerprint density at radius 2 is 2.15 bits per heavy atom. The number of hydrogen-bond acceptors (Lipinski definition) is 4. The molecule has 1 rings (SSSR count). The van der Waals surface area contributed by atoms with E-state index < -0.39 is 10.0 Å². The predicted molar refractivity (Wildman–Crippen MR) is 79.5 cm³/mol. The van der Waals surface area contributed by atoms with Crippen LogP contribution in [0.4, 0.5) is 0 Å². The third-order valence-corrected chi connectivity index (χ3v) is 4.30. The molecule has 1 atom stereocenters. The van der Waals surface area contributed by atoms with E-state index in [0.717, 1.165) is 19.3 Å². The summed E-state index contributed by atoms with van der Waals surface area (Å²) >= 11 is 0. The van der Waals surface area contributed by atoms with Gasteiger partial charge in [-0.1, -0.05) is 32.1 Å². The lowest BCUT2D eigenvalue weighted by Crippen LogP contribution is -2.34. The minimum atomic E-state index is -3.55. The normalized spacial score (nSPS) is 12.6. The van der Waals surface area contributed by atoms with Crippen molar-refractivity contribution in [1.82, 2.24) is 9.71 Å². The first kappa shape index (κ1) is 16.6. The van der Waals surface area contributed by atoms with Crippen molar-refractivity contribution in [2.75, 3.05) is 6.54 Å². The van der Waals surface area contributed by atoms with E-state index in [-0.39, 0.29) is 17.5 Å². The molecule has 1 aromatic heterocycles. The van der Waals surface area contributed by atoms with E-state index in [0.29, 0.717) is 5.56 Å². The van der Waals surface area contributed by atoms with Gasteiger partial charge in [0.05, 0.1) is 6.54 Å². The van der Waals surface area contributed by atoms with Crippen molar-refractivity contribution in [3.8, 4) is 11.8 Å². The van der Waals surface area contributed by atoms with Crippen LogP contribution in [-0.4, -0.2) is 26.0 Å². The van der Waals surface area contributed by atoms with Gasteiger partial charge in [-0.15, -0.1) is 0 Å². The Morgan fingerprint density at radius 3 is 2.75 bits per heavy atom. The van der Waals surface area contributed by atoms with Crippen LogP contribution in [0.2, 0.25) is 0 Å². The molecule has 0 aromatic carbocycles. The first-order valence-electron chi connectivity index (χ1n) is 6.69. The van der Waals surface area contributed by atoms with Crippen LogP contribution in [0, 0.1) is 11.8 Å². The minimum Gasteiger partial charge on any atom is -0.320 e. The summed E-state index contributed by atoms with van der Waals surface area (Å²) in [7, 11) is -3.55. The number of nitrogens with two attached hydrogens (primary N) is 1. The number of nitrogens with one attached hydrogen (secondary N) is 1. The number of aromatic nitrogens is 1. The smallest absolute Gasteiger partial charge is 0.242 e. The average molecular weight is 295 g/mol. The van der Waals surface area contributed by atoms with Crippen molar-refractivity contribution >= 4 is 10.0 Å². The lowest BCUT2D eigenvalue weighted by Gasteiger charge is -2.16. The molecule has 1 aromatic rings. The zero-order chi connectivity index (χ0) is 15.0. The molecule has 1 unspecified atom stereocenters. The van der Waals surface area contributed by atoms with E-state index in [2.05, 4.69) is 21.5 Å². The van der Waals surface area contributed by atoms with Crippen LogP contribution in [0.1, 0.15) is 38.7 Å². The summed E-state index contributed by atoms with van der Waals surface area (Å²) in [5, 5.41) is 0. The molecule has 3 N–H and O–H groups in total. The zero-order valence-corrected chi connectivity index (χ0v) is 12.7. The molecular formula is C14H21N3O2S. The molecule has 0 bridgehead atoms. The monoisotopic (exact) mass is 295 g/mol. The van der Waals surface area contributed by atoms with Crippen molar-refractivity contribution < 1.29 is 8.42 Å². The topological polar surface area (TPSA) is 85.1 Å². The SMILES string of the molecule is CCCC(CC)NS(=O)(=O)c1cncc(C#CCN)c1. The summed E-state index contributed by atoms with van der Waals surface area (Å²) in [6, 6.07) is 1.46. The number of rotatable bonds is 6. The molecule has 0 fully saturated rings. The molecule has 0 aliphatic rings. The fraction of sp³-hybridized carbons (Fsp3) is 0.500. The number of sulfonamides is 1. The summed E-state index contributed by atoms with van der Waals surface area (Å²) in [6.07, 6.45) is 5.35. The highest BCUT2D eigenvalue weighted by atomic mass is 32.2. The van der Waals surface area contributed by atoms with Crippen LogP contribution < -0.4 is 10.5 Å². The highest BCUT2D eigenvalue weighted by molar-refractivity contribution is 7.89. The molecular weight excluding hydrogens is 274 g/mol. The van der Waals surface area contributed by atoms with Gasteiger partial charge in [-0.3, -0.25) is 4.98 Å². The maximum atomic E-state index is 12.3. The van der Waals surface area contributed by atoms with Gasteiger partial charge in [-0.2, -0.15) is 0 Å². The highest BCUT2D eigenvalue weighted by Crippen LogP contribution is 2.12. The lowest BCUT2D eigenvalue weighted by molar-refractivity contribution is 0.512. The van der Waals surface area contributed by atoms with E-state index in [1.807, 2.05) is 13.8 Å². The second-order valence-corrected chi connectivity index (χ2v) is 6.14. The van der Waals surface area contributed by atoms with Crippen molar-refractivity contribution in [1.29, 1.82) is 0 Å². The maximum Gasteiger partial charge on any atom is 0.242 e. The minimum absolute atomic E-state index is 0.0521. The molecule has 1 heterocycles.